The van der Waals surface area contributed by atoms with Crippen LogP contribution < -0.4 is 4.74 Å². The largest absolute Gasteiger partial charge is 0.481 e. The van der Waals surface area contributed by atoms with Crippen LogP contribution in [0.3, 0.4) is 0 Å². The summed E-state index contributed by atoms with van der Waals surface area (Å²) < 4.78 is 11.0. The van der Waals surface area contributed by atoms with Gasteiger partial charge in [0, 0.05) is 17.5 Å². The first kappa shape index (κ1) is 15.1. The van der Waals surface area contributed by atoms with Crippen LogP contribution in [0.25, 0.3) is 11.5 Å². The smallest absolute Gasteiger partial charge is 0.277 e. The van der Waals surface area contributed by atoms with E-state index in [2.05, 4.69) is 21.1 Å². The van der Waals surface area contributed by atoms with Crippen LogP contribution in [0.1, 0.15) is 5.69 Å². The van der Waals surface area contributed by atoms with E-state index >= 15 is 0 Å². The molecular formula is C17H13N3O2S. The second-order valence-corrected chi connectivity index (χ2v) is 5.43. The highest BCUT2D eigenvalue weighted by atomic mass is 32.2. The first-order valence-corrected chi connectivity index (χ1v) is 7.86. The first-order valence-electron chi connectivity index (χ1n) is 6.88. The van der Waals surface area contributed by atoms with Crippen molar-refractivity contribution in [3.05, 3.63) is 54.4 Å². The molecular weight excluding hydrogens is 310 g/mol. The molecule has 0 N–H and O–H groups in total. The summed E-state index contributed by atoms with van der Waals surface area (Å²) in [6, 6.07) is 13.1. The molecule has 2 heterocycles. The van der Waals surface area contributed by atoms with Crippen LogP contribution in [0.2, 0.25) is 0 Å². The zero-order valence-electron chi connectivity index (χ0n) is 12.2. The maximum atomic E-state index is 5.65. The first-order chi connectivity index (χ1) is 11.3. The minimum absolute atomic E-state index is 0.244. The van der Waals surface area contributed by atoms with Crippen molar-refractivity contribution in [2.75, 3.05) is 6.61 Å². The molecule has 0 fully saturated rings. The number of ether oxygens (including phenoxy) is 1. The van der Waals surface area contributed by atoms with Gasteiger partial charge in [-0.1, -0.05) is 23.7 Å². The second-order valence-electron chi connectivity index (χ2n) is 4.50. The number of hydrogen-bond acceptors (Lipinski definition) is 6. The molecule has 0 saturated carbocycles. The van der Waals surface area contributed by atoms with Gasteiger partial charge in [-0.3, -0.25) is 4.98 Å². The molecule has 3 aromatic rings. The average Bonchev–Trinajstić information content (AvgIpc) is 3.08. The van der Waals surface area contributed by atoms with Crippen LogP contribution in [0.15, 0.2) is 58.3 Å². The van der Waals surface area contributed by atoms with E-state index in [0.717, 1.165) is 11.3 Å². The monoisotopic (exact) mass is 323 g/mol. The summed E-state index contributed by atoms with van der Waals surface area (Å²) in [6.07, 6.45) is 6.92. The molecule has 0 saturated heterocycles. The highest BCUT2D eigenvalue weighted by Gasteiger charge is 2.09. The van der Waals surface area contributed by atoms with E-state index in [4.69, 9.17) is 15.6 Å². The lowest BCUT2D eigenvalue weighted by molar-refractivity contribution is 0.370. The van der Waals surface area contributed by atoms with Gasteiger partial charge < -0.3 is 9.15 Å². The summed E-state index contributed by atoms with van der Waals surface area (Å²) in [5, 5.41) is 8.61. The molecule has 0 spiro atoms. The molecule has 0 radical (unpaired) electrons. The van der Waals surface area contributed by atoms with Crippen molar-refractivity contribution in [3.8, 4) is 29.5 Å². The van der Waals surface area contributed by atoms with Gasteiger partial charge in [0.05, 0.1) is 5.69 Å². The molecule has 0 atom stereocenters. The highest BCUT2D eigenvalue weighted by molar-refractivity contribution is 7.98. The van der Waals surface area contributed by atoms with Crippen molar-refractivity contribution >= 4 is 11.8 Å². The molecule has 0 aliphatic carbocycles. The summed E-state index contributed by atoms with van der Waals surface area (Å²) in [5.41, 5.74) is 1.79. The molecule has 6 heteroatoms. The second kappa shape index (κ2) is 7.47. The van der Waals surface area contributed by atoms with Crippen molar-refractivity contribution in [2.24, 2.45) is 0 Å². The number of nitrogens with zero attached hydrogens (tertiary/aromatic N) is 3. The molecule has 0 bridgehead atoms. The van der Waals surface area contributed by atoms with E-state index in [1.165, 1.54) is 11.8 Å². The quantitative estimate of drug-likeness (QED) is 0.511. The van der Waals surface area contributed by atoms with Crippen molar-refractivity contribution in [3.63, 3.8) is 0 Å². The Labute approximate surface area is 138 Å². The third-order valence-electron chi connectivity index (χ3n) is 2.90. The summed E-state index contributed by atoms with van der Waals surface area (Å²) in [4.78, 5) is 4.25. The minimum atomic E-state index is 0.244. The summed E-state index contributed by atoms with van der Waals surface area (Å²) in [7, 11) is 0. The number of benzene rings is 1. The predicted molar refractivity (Wildman–Crippen MR) is 87.9 cm³/mol. The number of thioether (sulfide) groups is 1. The van der Waals surface area contributed by atoms with E-state index in [-0.39, 0.29) is 6.61 Å². The van der Waals surface area contributed by atoms with E-state index in [1.54, 1.807) is 6.20 Å². The fourth-order valence-electron chi connectivity index (χ4n) is 1.82. The van der Waals surface area contributed by atoms with Gasteiger partial charge in [0.2, 0.25) is 5.89 Å². The number of pyridine rings is 1. The van der Waals surface area contributed by atoms with Crippen LogP contribution in [0, 0.1) is 12.3 Å². The van der Waals surface area contributed by atoms with Crippen molar-refractivity contribution in [1.82, 2.24) is 15.2 Å². The predicted octanol–water partition coefficient (Wildman–Crippen LogP) is 3.44. The third kappa shape index (κ3) is 4.11. The fraction of sp³-hybridized carbons (Fsp3) is 0.118. The number of aromatic nitrogens is 3. The summed E-state index contributed by atoms with van der Waals surface area (Å²) in [5.74, 6) is 4.28. The molecule has 2 aromatic heterocycles. The van der Waals surface area contributed by atoms with Gasteiger partial charge >= 0.3 is 0 Å². The molecule has 0 unspecified atom stereocenters. The Balaban J connectivity index is 1.63. The van der Waals surface area contributed by atoms with Gasteiger partial charge in [0.15, 0.2) is 0 Å². The van der Waals surface area contributed by atoms with Gasteiger partial charge in [-0.2, -0.15) is 0 Å². The van der Waals surface area contributed by atoms with Crippen molar-refractivity contribution in [2.45, 2.75) is 11.0 Å². The normalized spacial score (nSPS) is 10.2. The Bertz CT molecular complexity index is 795. The van der Waals surface area contributed by atoms with Gasteiger partial charge in [-0.15, -0.1) is 16.6 Å². The zero-order chi connectivity index (χ0) is 15.9. The molecule has 23 heavy (non-hydrogen) atoms. The van der Waals surface area contributed by atoms with Gasteiger partial charge in [-0.25, -0.2) is 0 Å². The fourth-order valence-corrected chi connectivity index (χ4v) is 2.50. The van der Waals surface area contributed by atoms with Gasteiger partial charge in [0.1, 0.15) is 12.4 Å². The SMILES string of the molecule is C#CCOc1ccc(-c2nnc(SCc3ccccn3)o2)cc1. The molecule has 0 aliphatic heterocycles. The molecule has 3 rings (SSSR count). The maximum absolute atomic E-state index is 5.65. The molecule has 0 amide bonds. The third-order valence-corrected chi connectivity index (χ3v) is 3.75. The van der Waals surface area contributed by atoms with Crippen molar-refractivity contribution in [1.29, 1.82) is 0 Å². The van der Waals surface area contributed by atoms with E-state index in [1.807, 2.05) is 42.5 Å². The van der Waals surface area contributed by atoms with Crippen LogP contribution in [0.5, 0.6) is 5.75 Å². The Morgan fingerprint density at radius 1 is 1.13 bits per heavy atom. The Hall–Kier alpha value is -2.78. The van der Waals surface area contributed by atoms with Crippen LogP contribution in [0.4, 0.5) is 0 Å². The van der Waals surface area contributed by atoms with Crippen LogP contribution in [-0.2, 0) is 5.75 Å². The Morgan fingerprint density at radius 3 is 2.74 bits per heavy atom. The molecule has 1 aromatic carbocycles. The number of hydrogen-bond donors (Lipinski definition) is 0. The van der Waals surface area contributed by atoms with Crippen LogP contribution in [-0.4, -0.2) is 21.8 Å². The van der Waals surface area contributed by atoms with E-state index in [9.17, 15) is 0 Å². The van der Waals surface area contributed by atoms with Gasteiger partial charge in [0.25, 0.3) is 5.22 Å². The van der Waals surface area contributed by atoms with E-state index in [0.29, 0.717) is 22.6 Å². The van der Waals surface area contributed by atoms with Crippen LogP contribution >= 0.6 is 11.8 Å². The zero-order valence-corrected chi connectivity index (χ0v) is 13.0. The highest BCUT2D eigenvalue weighted by Crippen LogP contribution is 2.26. The lowest BCUT2D eigenvalue weighted by atomic mass is 10.2. The lowest BCUT2D eigenvalue weighted by Crippen LogP contribution is -1.92. The summed E-state index contributed by atoms with van der Waals surface area (Å²) in [6.45, 7) is 0.244. The molecule has 114 valence electrons. The Kier molecular flexibility index (Phi) is 4.92. The maximum Gasteiger partial charge on any atom is 0.277 e. The standard InChI is InChI=1S/C17H13N3O2S/c1-2-11-21-15-8-6-13(7-9-15)16-19-20-17(22-16)23-12-14-5-3-4-10-18-14/h1,3-10H,11-12H2. The average molecular weight is 323 g/mol. The molecule has 0 aliphatic rings. The topological polar surface area (TPSA) is 61.0 Å². The van der Waals surface area contributed by atoms with Crippen molar-refractivity contribution < 1.29 is 9.15 Å². The number of terminal acetylenes is 1. The Morgan fingerprint density at radius 2 is 2.00 bits per heavy atom. The van der Waals surface area contributed by atoms with E-state index < -0.39 is 0 Å². The number of rotatable bonds is 6. The summed E-state index contributed by atoms with van der Waals surface area (Å²) >= 11 is 1.45. The minimum Gasteiger partial charge on any atom is -0.481 e. The van der Waals surface area contributed by atoms with Gasteiger partial charge in [-0.05, 0) is 36.4 Å². The molecule has 5 nitrogen and oxygen atoms in total. The lowest BCUT2D eigenvalue weighted by Gasteiger charge is -2.01.